The largest absolute Gasteiger partial charge is 0.497 e. The Kier molecular flexibility index (Phi) is 6.90. The van der Waals surface area contributed by atoms with Crippen molar-refractivity contribution in [3.8, 4) is 17.2 Å². The van der Waals surface area contributed by atoms with E-state index in [1.807, 2.05) is 24.3 Å². The molecule has 0 bridgehead atoms. The van der Waals surface area contributed by atoms with Crippen molar-refractivity contribution >= 4 is 17.7 Å². The first-order valence-electron chi connectivity index (χ1n) is 8.70. The second-order valence-electron chi connectivity index (χ2n) is 6.11. The van der Waals surface area contributed by atoms with Crippen molar-refractivity contribution in [2.24, 2.45) is 5.92 Å². The van der Waals surface area contributed by atoms with Crippen LogP contribution in [0.25, 0.3) is 11.5 Å². The van der Waals surface area contributed by atoms with E-state index in [0.29, 0.717) is 24.3 Å². The quantitative estimate of drug-likeness (QED) is 0.476. The van der Waals surface area contributed by atoms with E-state index >= 15 is 0 Å². The van der Waals surface area contributed by atoms with Crippen LogP contribution < -0.4 is 10.1 Å². The molecule has 7 nitrogen and oxygen atoms in total. The number of amides is 1. The average molecular weight is 377 g/mol. The molecule has 0 saturated heterocycles. The first-order valence-corrected chi connectivity index (χ1v) is 9.68. The second-order valence-corrected chi connectivity index (χ2v) is 7.04. The second kappa shape index (κ2) is 9.59. The third-order valence-electron chi connectivity index (χ3n) is 3.91. The highest BCUT2D eigenvalue weighted by Gasteiger charge is 2.20. The van der Waals surface area contributed by atoms with Gasteiger partial charge in [0.05, 0.1) is 12.9 Å². The number of carbonyl (C=O) groups excluding carboxylic acids is 1. The van der Waals surface area contributed by atoms with Gasteiger partial charge in [-0.05, 0) is 49.4 Å². The summed E-state index contributed by atoms with van der Waals surface area (Å²) in [6.07, 6.45) is 3.42. The monoisotopic (exact) mass is 377 g/mol. The van der Waals surface area contributed by atoms with Crippen LogP contribution in [-0.2, 0) is 9.53 Å². The number of benzene rings is 1. The van der Waals surface area contributed by atoms with E-state index in [0.717, 1.165) is 30.3 Å². The maximum atomic E-state index is 11.8. The van der Waals surface area contributed by atoms with E-state index in [1.54, 1.807) is 7.11 Å². The Hall–Kier alpha value is -2.06. The Morgan fingerprint density at radius 1 is 1.31 bits per heavy atom. The van der Waals surface area contributed by atoms with Gasteiger partial charge in [0, 0.05) is 25.3 Å². The standard InChI is InChI=1S/C18H23N3O4S/c1-23-15-7-5-14(6-8-15)17-20-21-18(25-17)26-12-16(22)19-9-2-10-24-11-13-3-4-13/h5-8,13H,2-4,9-12H2,1H3,(H,19,22). The summed E-state index contributed by atoms with van der Waals surface area (Å²) in [6, 6.07) is 7.35. The highest BCUT2D eigenvalue weighted by molar-refractivity contribution is 7.99. The van der Waals surface area contributed by atoms with Gasteiger partial charge in [0.15, 0.2) is 0 Å². The maximum absolute atomic E-state index is 11.8. The summed E-state index contributed by atoms with van der Waals surface area (Å²) in [5.74, 6) is 2.15. The number of hydrogen-bond donors (Lipinski definition) is 1. The molecule has 1 saturated carbocycles. The number of aromatic nitrogens is 2. The van der Waals surface area contributed by atoms with E-state index in [2.05, 4.69) is 15.5 Å². The van der Waals surface area contributed by atoms with Crippen LogP contribution in [0.3, 0.4) is 0 Å². The van der Waals surface area contributed by atoms with Crippen LogP contribution >= 0.6 is 11.8 Å². The number of nitrogens with one attached hydrogen (secondary N) is 1. The van der Waals surface area contributed by atoms with E-state index < -0.39 is 0 Å². The van der Waals surface area contributed by atoms with Crippen LogP contribution in [0.1, 0.15) is 19.3 Å². The number of thioether (sulfide) groups is 1. The predicted octanol–water partition coefficient (Wildman–Crippen LogP) is 2.77. The summed E-state index contributed by atoms with van der Waals surface area (Å²) < 4.78 is 16.2. The molecule has 1 amide bonds. The van der Waals surface area contributed by atoms with Crippen LogP contribution in [0.2, 0.25) is 0 Å². The van der Waals surface area contributed by atoms with Crippen molar-refractivity contribution in [1.29, 1.82) is 0 Å². The van der Waals surface area contributed by atoms with Crippen molar-refractivity contribution in [3.63, 3.8) is 0 Å². The molecule has 1 heterocycles. The first kappa shape index (κ1) is 18.7. The van der Waals surface area contributed by atoms with E-state index in [-0.39, 0.29) is 11.7 Å². The van der Waals surface area contributed by atoms with Gasteiger partial charge >= 0.3 is 0 Å². The number of ether oxygens (including phenoxy) is 2. The van der Waals surface area contributed by atoms with Gasteiger partial charge in [-0.3, -0.25) is 4.79 Å². The Bertz CT molecular complexity index is 701. The molecule has 0 aliphatic heterocycles. The van der Waals surface area contributed by atoms with Gasteiger partial charge in [-0.2, -0.15) is 0 Å². The lowest BCUT2D eigenvalue weighted by Gasteiger charge is -2.05. The van der Waals surface area contributed by atoms with E-state index in [1.165, 1.54) is 24.6 Å². The minimum atomic E-state index is -0.0543. The molecular formula is C18H23N3O4S. The van der Waals surface area contributed by atoms with Crippen molar-refractivity contribution in [2.45, 2.75) is 24.5 Å². The summed E-state index contributed by atoms with van der Waals surface area (Å²) in [5.41, 5.74) is 0.806. The average Bonchev–Trinajstić information content (AvgIpc) is 3.38. The van der Waals surface area contributed by atoms with Gasteiger partial charge in [0.2, 0.25) is 11.8 Å². The zero-order valence-corrected chi connectivity index (χ0v) is 15.6. The van der Waals surface area contributed by atoms with Crippen LogP contribution in [0, 0.1) is 5.92 Å². The lowest BCUT2D eigenvalue weighted by atomic mass is 10.2. The number of methoxy groups -OCH3 is 1. The highest BCUT2D eigenvalue weighted by Crippen LogP contribution is 2.28. The highest BCUT2D eigenvalue weighted by atomic mass is 32.2. The van der Waals surface area contributed by atoms with Gasteiger partial charge < -0.3 is 19.2 Å². The molecule has 1 aromatic carbocycles. The molecule has 0 atom stereocenters. The molecule has 3 rings (SSSR count). The molecule has 1 fully saturated rings. The van der Waals surface area contributed by atoms with E-state index in [9.17, 15) is 4.79 Å². The molecule has 1 aliphatic rings. The van der Waals surface area contributed by atoms with Crippen LogP contribution in [-0.4, -0.2) is 48.7 Å². The van der Waals surface area contributed by atoms with Crippen molar-refractivity contribution in [2.75, 3.05) is 32.6 Å². The Morgan fingerprint density at radius 2 is 2.12 bits per heavy atom. The topological polar surface area (TPSA) is 86.5 Å². The Morgan fingerprint density at radius 3 is 2.85 bits per heavy atom. The molecule has 26 heavy (non-hydrogen) atoms. The molecular weight excluding hydrogens is 354 g/mol. The molecule has 8 heteroatoms. The van der Waals surface area contributed by atoms with Gasteiger partial charge in [-0.1, -0.05) is 11.8 Å². The lowest BCUT2D eigenvalue weighted by molar-refractivity contribution is -0.118. The predicted molar refractivity (Wildman–Crippen MR) is 98.2 cm³/mol. The Balaban J connectivity index is 1.33. The first-order chi connectivity index (χ1) is 12.7. The minimum Gasteiger partial charge on any atom is -0.497 e. The fraction of sp³-hybridized carbons (Fsp3) is 0.500. The summed E-state index contributed by atoms with van der Waals surface area (Å²) >= 11 is 1.22. The number of rotatable bonds is 11. The van der Waals surface area contributed by atoms with Gasteiger partial charge in [-0.25, -0.2) is 0 Å². The molecule has 1 N–H and O–H groups in total. The fourth-order valence-electron chi connectivity index (χ4n) is 2.23. The molecule has 140 valence electrons. The molecule has 0 spiro atoms. The lowest BCUT2D eigenvalue weighted by Crippen LogP contribution is -2.26. The van der Waals surface area contributed by atoms with Crippen molar-refractivity contribution in [3.05, 3.63) is 24.3 Å². The fourth-order valence-corrected chi connectivity index (χ4v) is 2.83. The van der Waals surface area contributed by atoms with Gasteiger partial charge in [0.25, 0.3) is 5.22 Å². The Labute approximate surface area is 156 Å². The normalized spacial score (nSPS) is 13.6. The molecule has 2 aromatic rings. The number of hydrogen-bond acceptors (Lipinski definition) is 7. The van der Waals surface area contributed by atoms with Gasteiger partial charge in [-0.15, -0.1) is 10.2 Å². The number of nitrogens with zero attached hydrogens (tertiary/aromatic N) is 2. The van der Waals surface area contributed by atoms with Crippen LogP contribution in [0.15, 0.2) is 33.9 Å². The minimum absolute atomic E-state index is 0.0543. The zero-order valence-electron chi connectivity index (χ0n) is 14.8. The van der Waals surface area contributed by atoms with Crippen molar-refractivity contribution < 1.29 is 18.7 Å². The van der Waals surface area contributed by atoms with E-state index in [4.69, 9.17) is 13.9 Å². The molecule has 0 unspecified atom stereocenters. The van der Waals surface area contributed by atoms with Crippen LogP contribution in [0.4, 0.5) is 0 Å². The van der Waals surface area contributed by atoms with Gasteiger partial charge in [0.1, 0.15) is 5.75 Å². The summed E-state index contributed by atoms with van der Waals surface area (Å²) in [7, 11) is 1.61. The summed E-state index contributed by atoms with van der Waals surface area (Å²) in [5, 5.41) is 11.2. The smallest absolute Gasteiger partial charge is 0.277 e. The molecule has 0 radical (unpaired) electrons. The summed E-state index contributed by atoms with van der Waals surface area (Å²) in [4.78, 5) is 11.8. The van der Waals surface area contributed by atoms with Crippen molar-refractivity contribution in [1.82, 2.24) is 15.5 Å². The zero-order chi connectivity index (χ0) is 18.2. The van der Waals surface area contributed by atoms with Crippen LogP contribution in [0.5, 0.6) is 5.75 Å². The SMILES string of the molecule is COc1ccc(-c2nnc(SCC(=O)NCCCOCC3CC3)o2)cc1. The summed E-state index contributed by atoms with van der Waals surface area (Å²) in [6.45, 7) is 2.17. The molecule has 1 aliphatic carbocycles. The third-order valence-corrected chi connectivity index (χ3v) is 4.73. The number of carbonyl (C=O) groups is 1. The molecule has 1 aromatic heterocycles. The maximum Gasteiger partial charge on any atom is 0.277 e. The third kappa shape index (κ3) is 6.03.